The van der Waals surface area contributed by atoms with E-state index >= 15 is 0 Å². The van der Waals surface area contributed by atoms with Crippen LogP contribution in [0.15, 0.2) is 11.6 Å². The van der Waals surface area contributed by atoms with Gasteiger partial charge < -0.3 is 4.74 Å². The van der Waals surface area contributed by atoms with Crippen molar-refractivity contribution in [3.05, 3.63) is 11.6 Å². The third kappa shape index (κ3) is 1.35. The summed E-state index contributed by atoms with van der Waals surface area (Å²) < 4.78 is 5.40. The summed E-state index contributed by atoms with van der Waals surface area (Å²) in [5.74, 6) is 1.85. The number of carbonyl (C=O) groups is 1. The standard InChI is InChI=1S/C14H20O2/c1-8-11-6-4-3-5-10(11)7-12-13(8)9(2)16-14(12)15/h7-9,11-13H,3-6H2,1-2H3/t8-,9+,11-,12+,13+/m0/s1. The first-order valence-corrected chi connectivity index (χ1v) is 6.59. The number of rotatable bonds is 0. The van der Waals surface area contributed by atoms with Gasteiger partial charge in [-0.05, 0) is 38.0 Å². The smallest absolute Gasteiger partial charge is 0.313 e. The maximum absolute atomic E-state index is 11.8. The van der Waals surface area contributed by atoms with Crippen molar-refractivity contribution in [3.8, 4) is 0 Å². The van der Waals surface area contributed by atoms with E-state index < -0.39 is 0 Å². The lowest BCUT2D eigenvalue weighted by Crippen LogP contribution is -2.36. The molecule has 0 aromatic carbocycles. The van der Waals surface area contributed by atoms with Crippen LogP contribution in [0.5, 0.6) is 0 Å². The Hall–Kier alpha value is -0.790. The van der Waals surface area contributed by atoms with Crippen LogP contribution in [0, 0.1) is 23.7 Å². The van der Waals surface area contributed by atoms with Crippen LogP contribution in [0.2, 0.25) is 0 Å². The van der Waals surface area contributed by atoms with E-state index in [0.29, 0.717) is 11.8 Å². The first-order valence-electron chi connectivity index (χ1n) is 6.59. The Morgan fingerprint density at radius 1 is 1.31 bits per heavy atom. The number of cyclic esters (lactones) is 1. The SMILES string of the molecule is C[C@@H]1[C@@H]2[C@@H](C)OC(=O)[C@@H]2C=C2CCCC[C@H]21. The topological polar surface area (TPSA) is 26.3 Å². The zero-order chi connectivity index (χ0) is 11.3. The van der Waals surface area contributed by atoms with Crippen molar-refractivity contribution in [2.45, 2.75) is 45.6 Å². The highest BCUT2D eigenvalue weighted by Crippen LogP contribution is 2.49. The van der Waals surface area contributed by atoms with Gasteiger partial charge in [0.05, 0.1) is 5.92 Å². The molecule has 0 amide bonds. The Balaban J connectivity index is 1.97. The van der Waals surface area contributed by atoms with E-state index in [1.54, 1.807) is 5.57 Å². The zero-order valence-electron chi connectivity index (χ0n) is 10.1. The molecule has 2 heteroatoms. The van der Waals surface area contributed by atoms with Crippen LogP contribution in [0.4, 0.5) is 0 Å². The largest absolute Gasteiger partial charge is 0.462 e. The summed E-state index contributed by atoms with van der Waals surface area (Å²) in [5.41, 5.74) is 1.55. The fraction of sp³-hybridized carbons (Fsp3) is 0.786. The lowest BCUT2D eigenvalue weighted by molar-refractivity contribution is -0.142. The van der Waals surface area contributed by atoms with E-state index in [2.05, 4.69) is 19.9 Å². The Kier molecular flexibility index (Phi) is 2.34. The van der Waals surface area contributed by atoms with Crippen LogP contribution in [0.1, 0.15) is 39.5 Å². The summed E-state index contributed by atoms with van der Waals surface area (Å²) in [7, 11) is 0. The van der Waals surface area contributed by atoms with Crippen LogP contribution in [0.25, 0.3) is 0 Å². The minimum atomic E-state index is 0.0147. The zero-order valence-corrected chi connectivity index (χ0v) is 10.1. The van der Waals surface area contributed by atoms with Gasteiger partial charge in [0.1, 0.15) is 6.10 Å². The fourth-order valence-electron chi connectivity index (χ4n) is 4.09. The molecule has 0 aromatic rings. The van der Waals surface area contributed by atoms with Crippen molar-refractivity contribution in [2.75, 3.05) is 0 Å². The van der Waals surface area contributed by atoms with Crippen LogP contribution < -0.4 is 0 Å². The Morgan fingerprint density at radius 2 is 2.12 bits per heavy atom. The Bertz CT molecular complexity index is 345. The van der Waals surface area contributed by atoms with Crippen molar-refractivity contribution in [3.63, 3.8) is 0 Å². The van der Waals surface area contributed by atoms with Gasteiger partial charge in [-0.15, -0.1) is 0 Å². The van der Waals surface area contributed by atoms with Crippen LogP contribution >= 0.6 is 0 Å². The quantitative estimate of drug-likeness (QED) is 0.463. The first-order chi connectivity index (χ1) is 7.68. The van der Waals surface area contributed by atoms with Gasteiger partial charge in [0, 0.05) is 5.92 Å². The van der Waals surface area contributed by atoms with Crippen LogP contribution in [-0.4, -0.2) is 12.1 Å². The lowest BCUT2D eigenvalue weighted by Gasteiger charge is -2.40. The molecule has 0 spiro atoms. The average Bonchev–Trinajstić information content (AvgIpc) is 2.55. The summed E-state index contributed by atoms with van der Waals surface area (Å²) in [6.07, 6.45) is 7.55. The summed E-state index contributed by atoms with van der Waals surface area (Å²) in [5, 5.41) is 0. The molecule has 3 aliphatic rings. The number of hydrogen-bond donors (Lipinski definition) is 0. The number of hydrogen-bond acceptors (Lipinski definition) is 2. The third-order valence-corrected chi connectivity index (χ3v) is 4.87. The van der Waals surface area contributed by atoms with Crippen molar-refractivity contribution in [1.29, 1.82) is 0 Å². The van der Waals surface area contributed by atoms with Crippen molar-refractivity contribution in [1.82, 2.24) is 0 Å². The molecule has 1 heterocycles. The van der Waals surface area contributed by atoms with E-state index in [-0.39, 0.29) is 18.0 Å². The number of esters is 1. The molecular formula is C14H20O2. The Labute approximate surface area is 97.1 Å². The molecule has 2 nitrogen and oxygen atoms in total. The second kappa shape index (κ2) is 3.61. The number of allylic oxidation sites excluding steroid dienone is 1. The van der Waals surface area contributed by atoms with Gasteiger partial charge >= 0.3 is 5.97 Å². The highest BCUT2D eigenvalue weighted by Gasteiger charge is 2.49. The minimum absolute atomic E-state index is 0.0147. The van der Waals surface area contributed by atoms with Gasteiger partial charge in [0.15, 0.2) is 0 Å². The van der Waals surface area contributed by atoms with Gasteiger partial charge in [0.25, 0.3) is 0 Å². The number of carbonyl (C=O) groups excluding carboxylic acids is 1. The molecule has 0 N–H and O–H groups in total. The second-order valence-corrected chi connectivity index (χ2v) is 5.70. The van der Waals surface area contributed by atoms with Crippen molar-refractivity contribution < 1.29 is 9.53 Å². The predicted octanol–water partition coefficient (Wildman–Crippen LogP) is 2.93. The molecule has 5 atom stereocenters. The minimum Gasteiger partial charge on any atom is -0.462 e. The van der Waals surface area contributed by atoms with Crippen molar-refractivity contribution >= 4 is 5.97 Å². The Morgan fingerprint density at radius 3 is 2.94 bits per heavy atom. The third-order valence-electron chi connectivity index (χ3n) is 4.87. The summed E-state index contributed by atoms with van der Waals surface area (Å²) in [6.45, 7) is 4.37. The van der Waals surface area contributed by atoms with Crippen LogP contribution in [-0.2, 0) is 9.53 Å². The predicted molar refractivity (Wildman–Crippen MR) is 61.7 cm³/mol. The highest BCUT2D eigenvalue weighted by molar-refractivity contribution is 5.78. The van der Waals surface area contributed by atoms with Gasteiger partial charge in [-0.2, -0.15) is 0 Å². The van der Waals surface area contributed by atoms with E-state index in [0.717, 1.165) is 5.92 Å². The summed E-state index contributed by atoms with van der Waals surface area (Å²) in [6, 6.07) is 0. The first kappa shape index (κ1) is 10.4. The van der Waals surface area contributed by atoms with Gasteiger partial charge in [-0.25, -0.2) is 0 Å². The molecule has 0 radical (unpaired) electrons. The maximum atomic E-state index is 11.8. The molecule has 0 bridgehead atoms. The fourth-order valence-corrected chi connectivity index (χ4v) is 4.09. The highest BCUT2D eigenvalue weighted by atomic mass is 16.6. The molecule has 2 aliphatic carbocycles. The average molecular weight is 220 g/mol. The normalized spacial score (nSPS) is 46.8. The van der Waals surface area contributed by atoms with E-state index in [9.17, 15) is 4.79 Å². The van der Waals surface area contributed by atoms with Gasteiger partial charge in [-0.3, -0.25) is 4.79 Å². The number of ether oxygens (including phenoxy) is 1. The van der Waals surface area contributed by atoms with Gasteiger partial charge in [-0.1, -0.05) is 25.0 Å². The molecule has 1 saturated carbocycles. The van der Waals surface area contributed by atoms with E-state index in [1.165, 1.54) is 25.7 Å². The second-order valence-electron chi connectivity index (χ2n) is 5.70. The van der Waals surface area contributed by atoms with E-state index in [4.69, 9.17) is 4.74 Å². The summed E-state index contributed by atoms with van der Waals surface area (Å²) >= 11 is 0. The van der Waals surface area contributed by atoms with Crippen molar-refractivity contribution in [2.24, 2.45) is 23.7 Å². The molecule has 1 aliphatic heterocycles. The molecule has 16 heavy (non-hydrogen) atoms. The molecule has 1 saturated heterocycles. The lowest BCUT2D eigenvalue weighted by atomic mass is 9.63. The molecule has 0 aromatic heterocycles. The monoisotopic (exact) mass is 220 g/mol. The summed E-state index contributed by atoms with van der Waals surface area (Å²) in [4.78, 5) is 11.8. The number of fused-ring (bicyclic) bond motifs is 2. The van der Waals surface area contributed by atoms with E-state index in [1.807, 2.05) is 0 Å². The maximum Gasteiger partial charge on any atom is 0.313 e. The molecular weight excluding hydrogens is 200 g/mol. The molecule has 88 valence electrons. The van der Waals surface area contributed by atoms with Gasteiger partial charge in [0.2, 0.25) is 0 Å². The molecule has 2 fully saturated rings. The van der Waals surface area contributed by atoms with Crippen LogP contribution in [0.3, 0.4) is 0 Å². The molecule has 3 rings (SSSR count). The molecule has 0 unspecified atom stereocenters.